The predicted octanol–water partition coefficient (Wildman–Crippen LogP) is 4.10. The molecule has 2 nitrogen and oxygen atoms in total. The van der Waals surface area contributed by atoms with Crippen LogP contribution >= 0.6 is 0 Å². The Labute approximate surface area is 126 Å². The highest BCUT2D eigenvalue weighted by Gasteiger charge is 2.31. The van der Waals surface area contributed by atoms with E-state index in [0.29, 0.717) is 6.54 Å². The number of rotatable bonds is 1. The monoisotopic (exact) mass is 304 g/mol. The summed E-state index contributed by atoms with van der Waals surface area (Å²) < 4.78 is 37.7. The van der Waals surface area contributed by atoms with Crippen molar-refractivity contribution in [2.75, 3.05) is 11.4 Å². The Morgan fingerprint density at radius 2 is 1.86 bits per heavy atom. The molecule has 113 valence electrons. The molecule has 1 aliphatic rings. The van der Waals surface area contributed by atoms with Gasteiger partial charge < -0.3 is 4.90 Å². The molecule has 5 heteroatoms. The van der Waals surface area contributed by atoms with Crippen LogP contribution in [-0.2, 0) is 12.6 Å². The zero-order chi connectivity index (χ0) is 15.7. The summed E-state index contributed by atoms with van der Waals surface area (Å²) in [6.45, 7) is 0.549. The van der Waals surface area contributed by atoms with Crippen molar-refractivity contribution in [2.24, 2.45) is 0 Å². The molecule has 0 fully saturated rings. The number of anilines is 1. The highest BCUT2D eigenvalue weighted by atomic mass is 19.4. The number of benzene rings is 2. The molecule has 2 aromatic rings. The third-order valence-corrected chi connectivity index (χ3v) is 3.72. The molecule has 1 aliphatic heterocycles. The summed E-state index contributed by atoms with van der Waals surface area (Å²) in [7, 11) is 0. The van der Waals surface area contributed by atoms with Gasteiger partial charge in [-0.05, 0) is 42.7 Å². The van der Waals surface area contributed by atoms with Crippen LogP contribution in [0.3, 0.4) is 0 Å². The first-order valence-corrected chi connectivity index (χ1v) is 6.95. The Kier molecular flexibility index (Phi) is 3.64. The number of hydrogen-bond donors (Lipinski definition) is 0. The Morgan fingerprint density at radius 3 is 2.55 bits per heavy atom. The standard InChI is InChI=1S/C17H13F3NO/c18-17(19,20)14-9-7-13(8-10-14)16(22)21-11-3-5-12-4-1-2-6-15(12)21/h1-2,4,7-10H,3,5,11H2. The van der Waals surface area contributed by atoms with Gasteiger partial charge in [0.2, 0.25) is 0 Å². The van der Waals surface area contributed by atoms with Crippen molar-refractivity contribution in [2.45, 2.75) is 19.0 Å². The molecule has 0 spiro atoms. The normalized spacial score (nSPS) is 14.6. The van der Waals surface area contributed by atoms with Crippen LogP contribution in [0.5, 0.6) is 0 Å². The smallest absolute Gasteiger partial charge is 0.307 e. The Hall–Kier alpha value is -2.30. The van der Waals surface area contributed by atoms with Gasteiger partial charge in [-0.15, -0.1) is 0 Å². The van der Waals surface area contributed by atoms with Gasteiger partial charge >= 0.3 is 6.18 Å². The average Bonchev–Trinajstić information content (AvgIpc) is 2.53. The molecular formula is C17H13F3NO. The number of para-hydroxylation sites is 1. The number of halogens is 3. The topological polar surface area (TPSA) is 20.3 Å². The number of hydrogen-bond acceptors (Lipinski definition) is 1. The number of alkyl halides is 3. The largest absolute Gasteiger partial charge is 0.416 e. The fourth-order valence-electron chi connectivity index (χ4n) is 2.62. The second-order valence-electron chi connectivity index (χ2n) is 5.18. The third kappa shape index (κ3) is 2.71. The lowest BCUT2D eigenvalue weighted by molar-refractivity contribution is -0.137. The first-order valence-electron chi connectivity index (χ1n) is 6.95. The van der Waals surface area contributed by atoms with E-state index in [-0.39, 0.29) is 11.5 Å². The van der Waals surface area contributed by atoms with Gasteiger partial charge in [-0.2, -0.15) is 13.2 Å². The highest BCUT2D eigenvalue weighted by molar-refractivity contribution is 6.06. The summed E-state index contributed by atoms with van der Waals surface area (Å²) in [5.74, 6) is -0.294. The molecule has 1 radical (unpaired) electrons. The predicted molar refractivity (Wildman–Crippen MR) is 76.7 cm³/mol. The van der Waals surface area contributed by atoms with Crippen molar-refractivity contribution in [3.8, 4) is 0 Å². The first kappa shape index (κ1) is 14.6. The SMILES string of the molecule is O=C(c1ccc(C(F)(F)F)cc1)N1CCCc2ccc[c]c21. The summed E-state index contributed by atoms with van der Waals surface area (Å²) in [4.78, 5) is 14.1. The zero-order valence-electron chi connectivity index (χ0n) is 11.7. The van der Waals surface area contributed by atoms with Gasteiger partial charge in [0.05, 0.1) is 11.3 Å². The maximum Gasteiger partial charge on any atom is 0.416 e. The summed E-state index contributed by atoms with van der Waals surface area (Å²) in [6, 6.07) is 12.9. The molecule has 1 heterocycles. The number of fused-ring (bicyclic) bond motifs is 1. The van der Waals surface area contributed by atoms with Crippen molar-refractivity contribution in [3.05, 3.63) is 65.2 Å². The number of nitrogens with zero attached hydrogens (tertiary/aromatic N) is 1. The molecule has 0 aromatic heterocycles. The quantitative estimate of drug-likeness (QED) is 0.777. The Morgan fingerprint density at radius 1 is 1.14 bits per heavy atom. The molecule has 0 saturated heterocycles. The number of carbonyl (C=O) groups excluding carboxylic acids is 1. The van der Waals surface area contributed by atoms with Crippen LogP contribution in [0.15, 0.2) is 42.5 Å². The van der Waals surface area contributed by atoms with E-state index >= 15 is 0 Å². The van der Waals surface area contributed by atoms with Crippen LogP contribution in [0.2, 0.25) is 0 Å². The number of aryl methyl sites for hydroxylation is 1. The van der Waals surface area contributed by atoms with Crippen molar-refractivity contribution < 1.29 is 18.0 Å². The van der Waals surface area contributed by atoms with E-state index in [2.05, 4.69) is 6.07 Å². The van der Waals surface area contributed by atoms with E-state index in [1.54, 1.807) is 11.0 Å². The van der Waals surface area contributed by atoms with Crippen LogP contribution in [0, 0.1) is 6.07 Å². The zero-order valence-corrected chi connectivity index (χ0v) is 11.7. The molecule has 0 bridgehead atoms. The van der Waals surface area contributed by atoms with Gasteiger partial charge in [0.25, 0.3) is 5.91 Å². The fraction of sp³-hybridized carbons (Fsp3) is 0.235. The van der Waals surface area contributed by atoms with Gasteiger partial charge in [0.15, 0.2) is 0 Å². The molecular weight excluding hydrogens is 291 g/mol. The van der Waals surface area contributed by atoms with E-state index in [1.807, 2.05) is 12.1 Å². The van der Waals surface area contributed by atoms with Crippen LogP contribution in [0.4, 0.5) is 18.9 Å². The minimum Gasteiger partial charge on any atom is -0.307 e. The lowest BCUT2D eigenvalue weighted by Crippen LogP contribution is -2.35. The number of carbonyl (C=O) groups is 1. The second kappa shape index (κ2) is 5.48. The van der Waals surface area contributed by atoms with E-state index in [9.17, 15) is 18.0 Å². The maximum atomic E-state index is 12.6. The van der Waals surface area contributed by atoms with Gasteiger partial charge in [-0.25, -0.2) is 0 Å². The van der Waals surface area contributed by atoms with Crippen molar-refractivity contribution in [3.63, 3.8) is 0 Å². The van der Waals surface area contributed by atoms with Crippen LogP contribution in [-0.4, -0.2) is 12.5 Å². The lowest BCUT2D eigenvalue weighted by atomic mass is 10.0. The highest BCUT2D eigenvalue weighted by Crippen LogP contribution is 2.30. The molecule has 0 atom stereocenters. The first-order chi connectivity index (χ1) is 10.5. The summed E-state index contributed by atoms with van der Waals surface area (Å²) in [6.07, 6.45) is -2.69. The van der Waals surface area contributed by atoms with Crippen molar-refractivity contribution >= 4 is 11.6 Å². The van der Waals surface area contributed by atoms with Gasteiger partial charge in [0, 0.05) is 18.2 Å². The second-order valence-corrected chi connectivity index (χ2v) is 5.18. The minimum absolute atomic E-state index is 0.248. The van der Waals surface area contributed by atoms with Gasteiger partial charge in [-0.1, -0.05) is 18.2 Å². The lowest BCUT2D eigenvalue weighted by Gasteiger charge is -2.29. The van der Waals surface area contributed by atoms with Gasteiger partial charge in [-0.3, -0.25) is 4.79 Å². The molecule has 2 aromatic carbocycles. The molecule has 3 rings (SSSR count). The molecule has 1 amide bonds. The summed E-state index contributed by atoms with van der Waals surface area (Å²) >= 11 is 0. The van der Waals surface area contributed by atoms with Crippen LogP contribution in [0.1, 0.15) is 27.9 Å². The summed E-state index contributed by atoms with van der Waals surface area (Å²) in [5.41, 5.74) is 1.25. The van der Waals surface area contributed by atoms with E-state index in [4.69, 9.17) is 0 Å². The van der Waals surface area contributed by atoms with Crippen molar-refractivity contribution in [1.29, 1.82) is 0 Å². The Bertz CT molecular complexity index is 692. The van der Waals surface area contributed by atoms with Crippen LogP contribution < -0.4 is 4.90 Å². The summed E-state index contributed by atoms with van der Waals surface area (Å²) in [5, 5.41) is 0. The third-order valence-electron chi connectivity index (χ3n) is 3.72. The maximum absolute atomic E-state index is 12.6. The van der Waals surface area contributed by atoms with E-state index in [1.165, 1.54) is 12.1 Å². The minimum atomic E-state index is -4.40. The Balaban J connectivity index is 1.89. The van der Waals surface area contributed by atoms with Crippen molar-refractivity contribution in [1.82, 2.24) is 0 Å². The molecule has 0 saturated carbocycles. The molecule has 0 unspecified atom stereocenters. The molecule has 0 aliphatic carbocycles. The average molecular weight is 304 g/mol. The van der Waals surface area contributed by atoms with E-state index in [0.717, 1.165) is 36.2 Å². The number of amides is 1. The fourth-order valence-corrected chi connectivity index (χ4v) is 2.62. The van der Waals surface area contributed by atoms with E-state index < -0.39 is 11.7 Å². The molecule has 22 heavy (non-hydrogen) atoms. The molecule has 0 N–H and O–H groups in total. The van der Waals surface area contributed by atoms with Gasteiger partial charge in [0.1, 0.15) is 0 Å². The van der Waals surface area contributed by atoms with Crippen LogP contribution in [0.25, 0.3) is 0 Å².